The molecule has 23 heavy (non-hydrogen) atoms. The molecular weight excluding hydrogens is 284 g/mol. The molecule has 3 nitrogen and oxygen atoms in total. The van der Waals surface area contributed by atoms with Crippen molar-refractivity contribution in [3.05, 3.63) is 70.9 Å². The monoisotopic (exact) mass is 304 g/mol. The van der Waals surface area contributed by atoms with Crippen molar-refractivity contribution in [1.29, 1.82) is 0 Å². The molecule has 0 bridgehead atoms. The van der Waals surface area contributed by atoms with Gasteiger partial charge in [-0.2, -0.15) is 0 Å². The maximum absolute atomic E-state index is 12.4. The Balaban J connectivity index is 1.57. The minimum atomic E-state index is 0.0232. The maximum Gasteiger partial charge on any atom is 0.251 e. The SMILES string of the molecule is Cc1ccc2[nH]c3c(c2c1)CC(NC(=O)c1ccccc1)CC3. The normalized spacial score (nSPS) is 17.0. The summed E-state index contributed by atoms with van der Waals surface area (Å²) >= 11 is 0. The summed E-state index contributed by atoms with van der Waals surface area (Å²) in [6, 6.07) is 16.2. The second-order valence-corrected chi connectivity index (χ2v) is 6.41. The number of aromatic amines is 1. The molecular formula is C20H20N2O. The van der Waals surface area contributed by atoms with Crippen LogP contribution in [0.3, 0.4) is 0 Å². The van der Waals surface area contributed by atoms with Crippen molar-refractivity contribution in [3.63, 3.8) is 0 Å². The van der Waals surface area contributed by atoms with Crippen molar-refractivity contribution in [1.82, 2.24) is 10.3 Å². The lowest BCUT2D eigenvalue weighted by Gasteiger charge is -2.23. The third-order valence-electron chi connectivity index (χ3n) is 4.71. The van der Waals surface area contributed by atoms with Crippen LogP contribution in [0.2, 0.25) is 0 Å². The number of aromatic nitrogens is 1. The number of aryl methyl sites for hydroxylation is 2. The van der Waals surface area contributed by atoms with Crippen LogP contribution in [0.25, 0.3) is 10.9 Å². The average molecular weight is 304 g/mol. The van der Waals surface area contributed by atoms with E-state index in [9.17, 15) is 4.79 Å². The van der Waals surface area contributed by atoms with Gasteiger partial charge >= 0.3 is 0 Å². The first-order valence-electron chi connectivity index (χ1n) is 8.17. The molecule has 1 amide bonds. The first-order valence-corrected chi connectivity index (χ1v) is 8.17. The van der Waals surface area contributed by atoms with E-state index in [0.29, 0.717) is 0 Å². The molecule has 0 fully saturated rings. The van der Waals surface area contributed by atoms with Crippen molar-refractivity contribution in [2.75, 3.05) is 0 Å². The molecule has 2 N–H and O–H groups in total. The summed E-state index contributed by atoms with van der Waals surface area (Å²) in [4.78, 5) is 15.9. The summed E-state index contributed by atoms with van der Waals surface area (Å²) in [5, 5.41) is 4.50. The Morgan fingerprint density at radius 3 is 2.83 bits per heavy atom. The van der Waals surface area contributed by atoms with E-state index in [4.69, 9.17) is 0 Å². The van der Waals surface area contributed by atoms with Gasteiger partial charge in [0.05, 0.1) is 0 Å². The quantitative estimate of drug-likeness (QED) is 0.744. The molecule has 1 heterocycles. The summed E-state index contributed by atoms with van der Waals surface area (Å²) in [7, 11) is 0. The molecule has 1 aliphatic rings. The van der Waals surface area contributed by atoms with Crippen LogP contribution in [0.15, 0.2) is 48.5 Å². The van der Waals surface area contributed by atoms with Gasteiger partial charge in [0.1, 0.15) is 0 Å². The van der Waals surface area contributed by atoms with Gasteiger partial charge < -0.3 is 10.3 Å². The fourth-order valence-corrected chi connectivity index (χ4v) is 3.51. The maximum atomic E-state index is 12.4. The fourth-order valence-electron chi connectivity index (χ4n) is 3.51. The van der Waals surface area contributed by atoms with E-state index in [0.717, 1.165) is 24.8 Å². The summed E-state index contributed by atoms with van der Waals surface area (Å²) < 4.78 is 0. The molecule has 116 valence electrons. The Morgan fingerprint density at radius 1 is 1.17 bits per heavy atom. The Labute approximate surface area is 135 Å². The number of carbonyl (C=O) groups excluding carboxylic acids is 1. The highest BCUT2D eigenvalue weighted by atomic mass is 16.1. The molecule has 1 atom stereocenters. The number of nitrogens with one attached hydrogen (secondary N) is 2. The highest BCUT2D eigenvalue weighted by Gasteiger charge is 2.24. The van der Waals surface area contributed by atoms with Crippen LogP contribution in [0.5, 0.6) is 0 Å². The minimum absolute atomic E-state index is 0.0232. The van der Waals surface area contributed by atoms with Crippen LogP contribution in [0.4, 0.5) is 0 Å². The van der Waals surface area contributed by atoms with E-state index in [1.165, 1.54) is 27.7 Å². The Kier molecular flexibility index (Phi) is 3.41. The number of amides is 1. The van der Waals surface area contributed by atoms with Crippen molar-refractivity contribution in [3.8, 4) is 0 Å². The van der Waals surface area contributed by atoms with Gasteiger partial charge in [-0.1, -0.05) is 29.8 Å². The Hall–Kier alpha value is -2.55. The zero-order chi connectivity index (χ0) is 15.8. The van der Waals surface area contributed by atoms with Crippen LogP contribution in [-0.2, 0) is 12.8 Å². The van der Waals surface area contributed by atoms with Crippen LogP contribution in [-0.4, -0.2) is 16.9 Å². The predicted molar refractivity (Wildman–Crippen MR) is 92.8 cm³/mol. The number of hydrogen-bond acceptors (Lipinski definition) is 1. The van der Waals surface area contributed by atoms with Gasteiger partial charge in [-0.15, -0.1) is 0 Å². The number of carbonyl (C=O) groups is 1. The molecule has 1 aromatic heterocycles. The predicted octanol–water partition coefficient (Wildman–Crippen LogP) is 3.76. The molecule has 1 unspecified atom stereocenters. The van der Waals surface area contributed by atoms with E-state index >= 15 is 0 Å². The fraction of sp³-hybridized carbons (Fsp3) is 0.250. The number of hydrogen-bond donors (Lipinski definition) is 2. The highest BCUT2D eigenvalue weighted by molar-refractivity contribution is 5.94. The topological polar surface area (TPSA) is 44.9 Å². The molecule has 0 aliphatic heterocycles. The van der Waals surface area contributed by atoms with E-state index in [1.54, 1.807) is 0 Å². The second-order valence-electron chi connectivity index (χ2n) is 6.41. The van der Waals surface area contributed by atoms with Gasteiger partial charge in [0, 0.05) is 28.2 Å². The lowest BCUT2D eigenvalue weighted by atomic mass is 9.91. The van der Waals surface area contributed by atoms with Gasteiger partial charge in [0.2, 0.25) is 0 Å². The van der Waals surface area contributed by atoms with Crippen LogP contribution in [0, 0.1) is 6.92 Å². The number of rotatable bonds is 2. The largest absolute Gasteiger partial charge is 0.358 e. The number of fused-ring (bicyclic) bond motifs is 3. The van der Waals surface area contributed by atoms with Crippen molar-refractivity contribution in [2.24, 2.45) is 0 Å². The first-order chi connectivity index (χ1) is 11.2. The molecule has 0 spiro atoms. The Morgan fingerprint density at radius 2 is 2.00 bits per heavy atom. The van der Waals surface area contributed by atoms with Crippen molar-refractivity contribution < 1.29 is 4.79 Å². The van der Waals surface area contributed by atoms with Crippen LogP contribution < -0.4 is 5.32 Å². The van der Waals surface area contributed by atoms with Gasteiger partial charge in [-0.05, 0) is 56.0 Å². The van der Waals surface area contributed by atoms with Crippen molar-refractivity contribution in [2.45, 2.75) is 32.2 Å². The number of H-pyrrole nitrogens is 1. The van der Waals surface area contributed by atoms with Gasteiger partial charge in [0.15, 0.2) is 0 Å². The molecule has 0 radical (unpaired) electrons. The second kappa shape index (κ2) is 5.58. The van der Waals surface area contributed by atoms with E-state index in [-0.39, 0.29) is 11.9 Å². The van der Waals surface area contributed by atoms with Crippen LogP contribution >= 0.6 is 0 Å². The molecule has 3 heteroatoms. The van der Waals surface area contributed by atoms with Crippen LogP contribution in [0.1, 0.15) is 33.6 Å². The summed E-state index contributed by atoms with van der Waals surface area (Å²) in [6.07, 6.45) is 2.87. The molecule has 3 aromatic rings. The molecule has 0 saturated carbocycles. The third kappa shape index (κ3) is 2.63. The van der Waals surface area contributed by atoms with E-state index < -0.39 is 0 Å². The van der Waals surface area contributed by atoms with Crippen molar-refractivity contribution >= 4 is 16.8 Å². The standard InChI is InChI=1S/C20H20N2O/c1-13-7-9-18-16(11-13)17-12-15(8-10-19(17)22-18)21-20(23)14-5-3-2-4-6-14/h2-7,9,11,15,22H,8,10,12H2,1H3,(H,21,23). The van der Waals surface area contributed by atoms with E-state index in [2.05, 4.69) is 35.4 Å². The van der Waals surface area contributed by atoms with Gasteiger partial charge in [-0.3, -0.25) is 4.79 Å². The smallest absolute Gasteiger partial charge is 0.251 e. The number of benzene rings is 2. The molecule has 2 aromatic carbocycles. The zero-order valence-corrected chi connectivity index (χ0v) is 13.2. The lowest BCUT2D eigenvalue weighted by molar-refractivity contribution is 0.0933. The first kappa shape index (κ1) is 14.1. The third-order valence-corrected chi connectivity index (χ3v) is 4.71. The molecule has 1 aliphatic carbocycles. The van der Waals surface area contributed by atoms with Gasteiger partial charge in [-0.25, -0.2) is 0 Å². The lowest BCUT2D eigenvalue weighted by Crippen LogP contribution is -2.38. The molecule has 4 rings (SSSR count). The van der Waals surface area contributed by atoms with Gasteiger partial charge in [0.25, 0.3) is 5.91 Å². The minimum Gasteiger partial charge on any atom is -0.358 e. The summed E-state index contributed by atoms with van der Waals surface area (Å²) in [5.41, 5.74) is 5.91. The highest BCUT2D eigenvalue weighted by Crippen LogP contribution is 2.30. The van der Waals surface area contributed by atoms with E-state index in [1.807, 2.05) is 30.3 Å². The molecule has 0 saturated heterocycles. The zero-order valence-electron chi connectivity index (χ0n) is 13.2. The Bertz CT molecular complexity index is 864. The summed E-state index contributed by atoms with van der Waals surface area (Å²) in [6.45, 7) is 2.12. The average Bonchev–Trinajstić information content (AvgIpc) is 2.93. The summed E-state index contributed by atoms with van der Waals surface area (Å²) in [5.74, 6) is 0.0232.